The lowest BCUT2D eigenvalue weighted by atomic mass is 9.72. The van der Waals surface area contributed by atoms with Crippen LogP contribution in [-0.4, -0.2) is 59.0 Å². The van der Waals surface area contributed by atoms with Crippen molar-refractivity contribution in [1.82, 2.24) is 25.4 Å². The SMILES string of the molecule is CC(C)CCNC(=O)N1CC(c2nnc(-c3ccncc3)o2)C2(CCOCC2)C1. The third kappa shape index (κ3) is 4.27. The Kier molecular flexibility index (Phi) is 5.80. The Morgan fingerprint density at radius 1 is 1.28 bits per heavy atom. The van der Waals surface area contributed by atoms with Gasteiger partial charge >= 0.3 is 6.03 Å². The van der Waals surface area contributed by atoms with Crippen LogP contribution in [0, 0.1) is 11.3 Å². The van der Waals surface area contributed by atoms with Crippen LogP contribution in [-0.2, 0) is 4.74 Å². The molecule has 1 atom stereocenters. The second-order valence-corrected chi connectivity index (χ2v) is 8.50. The highest BCUT2D eigenvalue weighted by Gasteiger charge is 2.51. The number of urea groups is 1. The molecule has 1 unspecified atom stereocenters. The molecule has 2 aliphatic heterocycles. The smallest absolute Gasteiger partial charge is 0.317 e. The van der Waals surface area contributed by atoms with E-state index in [9.17, 15) is 4.79 Å². The lowest BCUT2D eigenvalue weighted by Gasteiger charge is -2.36. The molecule has 8 heteroatoms. The van der Waals surface area contributed by atoms with Gasteiger partial charge in [-0.2, -0.15) is 0 Å². The Hall–Kier alpha value is -2.48. The number of ether oxygens (including phenoxy) is 1. The van der Waals surface area contributed by atoms with E-state index >= 15 is 0 Å². The van der Waals surface area contributed by atoms with Crippen molar-refractivity contribution in [3.8, 4) is 11.5 Å². The van der Waals surface area contributed by atoms with E-state index < -0.39 is 0 Å². The van der Waals surface area contributed by atoms with E-state index in [-0.39, 0.29) is 17.4 Å². The molecule has 0 aliphatic carbocycles. The number of likely N-dealkylation sites (tertiary alicyclic amines) is 1. The first-order valence-corrected chi connectivity index (χ1v) is 10.4. The number of hydrogen-bond acceptors (Lipinski definition) is 6. The molecule has 2 fully saturated rings. The molecule has 0 bridgehead atoms. The molecule has 2 aromatic heterocycles. The summed E-state index contributed by atoms with van der Waals surface area (Å²) in [5.41, 5.74) is 0.774. The van der Waals surface area contributed by atoms with Gasteiger partial charge in [0.2, 0.25) is 11.8 Å². The van der Waals surface area contributed by atoms with E-state index in [0.29, 0.717) is 50.5 Å². The average Bonchev–Trinajstić information content (AvgIpc) is 3.34. The predicted octanol–water partition coefficient (Wildman–Crippen LogP) is 3.08. The molecule has 1 N–H and O–H groups in total. The summed E-state index contributed by atoms with van der Waals surface area (Å²) < 4.78 is 11.7. The number of carbonyl (C=O) groups is 1. The largest absolute Gasteiger partial charge is 0.420 e. The van der Waals surface area contributed by atoms with Crippen molar-refractivity contribution < 1.29 is 13.9 Å². The first kappa shape index (κ1) is 19.8. The summed E-state index contributed by atoms with van der Waals surface area (Å²) >= 11 is 0. The number of aromatic nitrogens is 3. The van der Waals surface area contributed by atoms with Gasteiger partial charge in [-0.05, 0) is 37.3 Å². The van der Waals surface area contributed by atoms with Crippen LogP contribution in [0.1, 0.15) is 44.9 Å². The molecule has 2 saturated heterocycles. The van der Waals surface area contributed by atoms with Crippen molar-refractivity contribution >= 4 is 6.03 Å². The molecular weight excluding hydrogens is 370 g/mol. The van der Waals surface area contributed by atoms with Crippen LogP contribution in [0.5, 0.6) is 0 Å². The minimum absolute atomic E-state index is 0.00658. The summed E-state index contributed by atoms with van der Waals surface area (Å²) in [6, 6.07) is 3.70. The Balaban J connectivity index is 1.53. The number of rotatable bonds is 5. The van der Waals surface area contributed by atoms with Crippen LogP contribution in [0.25, 0.3) is 11.5 Å². The average molecular weight is 399 g/mol. The molecule has 8 nitrogen and oxygen atoms in total. The Bertz CT molecular complexity index is 817. The van der Waals surface area contributed by atoms with E-state index in [1.54, 1.807) is 12.4 Å². The Morgan fingerprint density at radius 3 is 2.76 bits per heavy atom. The summed E-state index contributed by atoms with van der Waals surface area (Å²) in [5, 5.41) is 11.7. The number of pyridine rings is 1. The fourth-order valence-corrected chi connectivity index (χ4v) is 4.31. The fourth-order valence-electron chi connectivity index (χ4n) is 4.31. The molecule has 0 radical (unpaired) electrons. The number of nitrogens with one attached hydrogen (secondary N) is 1. The molecule has 29 heavy (non-hydrogen) atoms. The van der Waals surface area contributed by atoms with Gasteiger partial charge in [-0.15, -0.1) is 10.2 Å². The van der Waals surface area contributed by atoms with Crippen molar-refractivity contribution in [2.45, 2.75) is 39.0 Å². The minimum Gasteiger partial charge on any atom is -0.420 e. The first-order valence-electron chi connectivity index (χ1n) is 10.4. The number of amides is 2. The van der Waals surface area contributed by atoms with Crippen molar-refractivity contribution in [1.29, 1.82) is 0 Å². The van der Waals surface area contributed by atoms with Gasteiger partial charge in [0.1, 0.15) is 0 Å². The molecule has 4 heterocycles. The number of hydrogen-bond donors (Lipinski definition) is 1. The van der Waals surface area contributed by atoms with Gasteiger partial charge in [-0.3, -0.25) is 4.98 Å². The van der Waals surface area contributed by atoms with Gasteiger partial charge in [0.15, 0.2) is 0 Å². The van der Waals surface area contributed by atoms with Crippen LogP contribution < -0.4 is 5.32 Å². The highest BCUT2D eigenvalue weighted by Crippen LogP contribution is 2.49. The van der Waals surface area contributed by atoms with Crippen molar-refractivity contribution in [2.24, 2.45) is 11.3 Å². The monoisotopic (exact) mass is 399 g/mol. The molecule has 2 aromatic rings. The molecule has 4 rings (SSSR count). The Labute approximate surface area is 171 Å². The van der Waals surface area contributed by atoms with Gasteiger partial charge in [0, 0.05) is 56.2 Å². The molecule has 156 valence electrons. The molecule has 0 aromatic carbocycles. The first-order chi connectivity index (χ1) is 14.1. The van der Waals surface area contributed by atoms with E-state index in [2.05, 4.69) is 34.3 Å². The normalized spacial score (nSPS) is 21.1. The topological polar surface area (TPSA) is 93.4 Å². The van der Waals surface area contributed by atoms with Gasteiger partial charge < -0.3 is 19.4 Å². The predicted molar refractivity (Wildman–Crippen MR) is 107 cm³/mol. The van der Waals surface area contributed by atoms with E-state index in [1.165, 1.54) is 0 Å². The minimum atomic E-state index is -0.0737. The lowest BCUT2D eigenvalue weighted by molar-refractivity contribution is 0.0102. The van der Waals surface area contributed by atoms with Crippen LogP contribution in [0.3, 0.4) is 0 Å². The molecule has 2 amide bonds. The van der Waals surface area contributed by atoms with Crippen LogP contribution >= 0.6 is 0 Å². The van der Waals surface area contributed by atoms with Crippen molar-refractivity contribution in [3.05, 3.63) is 30.4 Å². The summed E-state index contributed by atoms with van der Waals surface area (Å²) in [5.74, 6) is 1.68. The molecule has 2 aliphatic rings. The van der Waals surface area contributed by atoms with Gasteiger partial charge in [-0.25, -0.2) is 4.79 Å². The zero-order valence-electron chi connectivity index (χ0n) is 17.1. The third-order valence-corrected chi connectivity index (χ3v) is 6.09. The highest BCUT2D eigenvalue weighted by molar-refractivity contribution is 5.74. The quantitative estimate of drug-likeness (QED) is 0.830. The van der Waals surface area contributed by atoms with Crippen molar-refractivity contribution in [2.75, 3.05) is 32.8 Å². The van der Waals surface area contributed by atoms with Crippen LogP contribution in [0.2, 0.25) is 0 Å². The standard InChI is InChI=1S/C21H29N5O3/c1-15(2)3-10-23-20(27)26-13-17(21(14-26)6-11-28-12-7-21)19-25-24-18(29-19)16-4-8-22-9-5-16/h4-5,8-9,15,17H,3,6-7,10-14H2,1-2H3,(H,23,27). The summed E-state index contributed by atoms with van der Waals surface area (Å²) in [4.78, 5) is 18.7. The van der Waals surface area contributed by atoms with Crippen molar-refractivity contribution in [3.63, 3.8) is 0 Å². The number of carbonyl (C=O) groups excluding carboxylic acids is 1. The van der Waals surface area contributed by atoms with Crippen LogP contribution in [0.15, 0.2) is 28.9 Å². The summed E-state index contributed by atoms with van der Waals surface area (Å²) in [6.07, 6.45) is 6.16. The summed E-state index contributed by atoms with van der Waals surface area (Å²) in [7, 11) is 0. The lowest BCUT2D eigenvalue weighted by Crippen LogP contribution is -2.41. The maximum Gasteiger partial charge on any atom is 0.317 e. The molecule has 1 spiro atoms. The van der Waals surface area contributed by atoms with E-state index in [0.717, 1.165) is 24.8 Å². The maximum atomic E-state index is 12.8. The zero-order chi connectivity index (χ0) is 20.3. The molecule has 0 saturated carbocycles. The second kappa shape index (κ2) is 8.49. The summed E-state index contributed by atoms with van der Waals surface area (Å²) in [6.45, 7) is 7.69. The van der Waals surface area contributed by atoms with Gasteiger partial charge in [-0.1, -0.05) is 13.8 Å². The van der Waals surface area contributed by atoms with Gasteiger partial charge in [0.05, 0.1) is 5.92 Å². The number of nitrogens with zero attached hydrogens (tertiary/aromatic N) is 4. The zero-order valence-corrected chi connectivity index (χ0v) is 17.1. The van der Waals surface area contributed by atoms with Gasteiger partial charge in [0.25, 0.3) is 0 Å². The third-order valence-electron chi connectivity index (χ3n) is 6.09. The van der Waals surface area contributed by atoms with Crippen LogP contribution in [0.4, 0.5) is 4.79 Å². The molecular formula is C21H29N5O3. The Morgan fingerprint density at radius 2 is 2.03 bits per heavy atom. The maximum absolute atomic E-state index is 12.8. The van der Waals surface area contributed by atoms with E-state index in [4.69, 9.17) is 9.15 Å². The fraction of sp³-hybridized carbons (Fsp3) is 0.619. The second-order valence-electron chi connectivity index (χ2n) is 8.50. The van der Waals surface area contributed by atoms with E-state index in [1.807, 2.05) is 17.0 Å². The highest BCUT2D eigenvalue weighted by atomic mass is 16.5.